The minimum Gasteiger partial charge on any atom is -0.396 e. The van der Waals surface area contributed by atoms with Gasteiger partial charge in [-0.25, -0.2) is 4.98 Å². The lowest BCUT2D eigenvalue weighted by Crippen LogP contribution is -2.23. The Bertz CT molecular complexity index is 433. The van der Waals surface area contributed by atoms with Crippen molar-refractivity contribution in [1.29, 1.82) is 5.41 Å². The maximum Gasteiger partial charge on any atom is 0.129 e. The molecule has 0 aromatic carbocycles. The van der Waals surface area contributed by atoms with Crippen LogP contribution in [0.4, 0.5) is 5.82 Å². The number of aryl methyl sites for hydroxylation is 1. The summed E-state index contributed by atoms with van der Waals surface area (Å²) in [5.74, 6) is 1.25. The van der Waals surface area contributed by atoms with E-state index in [9.17, 15) is 0 Å². The second-order valence-electron chi connectivity index (χ2n) is 4.55. The molecule has 0 spiro atoms. The molecule has 1 aromatic rings. The average Bonchev–Trinajstić information content (AvgIpc) is 2.76. The number of anilines is 1. The number of aliphatic hydroxyl groups excluding tert-OH is 1. The van der Waals surface area contributed by atoms with Crippen molar-refractivity contribution in [2.75, 3.05) is 24.6 Å². The zero-order valence-electron chi connectivity index (χ0n) is 9.98. The Morgan fingerprint density at radius 2 is 2.41 bits per heavy atom. The first-order valence-corrected chi connectivity index (χ1v) is 5.79. The minimum atomic E-state index is 0.0645. The van der Waals surface area contributed by atoms with Crippen molar-refractivity contribution in [2.24, 2.45) is 11.7 Å². The summed E-state index contributed by atoms with van der Waals surface area (Å²) >= 11 is 0. The summed E-state index contributed by atoms with van der Waals surface area (Å²) in [7, 11) is 0. The van der Waals surface area contributed by atoms with Gasteiger partial charge in [-0.05, 0) is 25.5 Å². The fraction of sp³-hybridized carbons (Fsp3) is 0.500. The normalized spacial score (nSPS) is 19.6. The summed E-state index contributed by atoms with van der Waals surface area (Å²) in [6.45, 7) is 3.85. The molecule has 0 radical (unpaired) electrons. The summed E-state index contributed by atoms with van der Waals surface area (Å²) in [4.78, 5) is 6.60. The number of aliphatic hydroxyl groups is 1. The van der Waals surface area contributed by atoms with Crippen LogP contribution >= 0.6 is 0 Å². The van der Waals surface area contributed by atoms with Crippen molar-refractivity contribution in [2.45, 2.75) is 13.3 Å². The number of hydrogen-bond donors (Lipinski definition) is 3. The Balaban J connectivity index is 2.24. The van der Waals surface area contributed by atoms with Gasteiger partial charge in [0.25, 0.3) is 0 Å². The van der Waals surface area contributed by atoms with E-state index in [4.69, 9.17) is 16.2 Å². The van der Waals surface area contributed by atoms with Crippen LogP contribution in [0.15, 0.2) is 12.1 Å². The molecule has 2 rings (SSSR count). The predicted octanol–water partition coefficient (Wildman–Crippen LogP) is 0.493. The van der Waals surface area contributed by atoms with Crippen molar-refractivity contribution in [1.82, 2.24) is 4.98 Å². The quantitative estimate of drug-likeness (QED) is 0.525. The maximum atomic E-state index is 9.13. The standard InChI is InChI=1S/C12H18N4O/c1-8-4-10(12(13)14)5-11(15-8)16-3-2-9(6-16)7-17/h4-5,9,17H,2-3,6-7H2,1H3,(H3,13,14). The van der Waals surface area contributed by atoms with Crippen LogP contribution in [-0.2, 0) is 0 Å². The van der Waals surface area contributed by atoms with Crippen LogP contribution in [0, 0.1) is 18.3 Å². The molecule has 1 aliphatic rings. The SMILES string of the molecule is Cc1cc(C(=N)N)cc(N2CCC(CO)C2)n1. The average molecular weight is 234 g/mol. The van der Waals surface area contributed by atoms with Gasteiger partial charge in [-0.15, -0.1) is 0 Å². The highest BCUT2D eigenvalue weighted by Gasteiger charge is 2.23. The molecule has 0 aliphatic carbocycles. The molecule has 92 valence electrons. The van der Waals surface area contributed by atoms with Crippen molar-refractivity contribution >= 4 is 11.7 Å². The summed E-state index contributed by atoms with van der Waals surface area (Å²) in [6, 6.07) is 3.65. The minimum absolute atomic E-state index is 0.0645. The Morgan fingerprint density at radius 3 is 3.00 bits per heavy atom. The zero-order chi connectivity index (χ0) is 12.4. The van der Waals surface area contributed by atoms with E-state index in [0.29, 0.717) is 11.5 Å². The van der Waals surface area contributed by atoms with Crippen molar-refractivity contribution < 1.29 is 5.11 Å². The molecule has 0 saturated carbocycles. The first-order valence-electron chi connectivity index (χ1n) is 5.79. The highest BCUT2D eigenvalue weighted by molar-refractivity contribution is 5.95. The van der Waals surface area contributed by atoms with Crippen LogP contribution in [0.1, 0.15) is 17.7 Å². The van der Waals surface area contributed by atoms with Crippen LogP contribution in [0.5, 0.6) is 0 Å². The van der Waals surface area contributed by atoms with E-state index in [0.717, 1.165) is 31.0 Å². The van der Waals surface area contributed by atoms with Gasteiger partial charge in [-0.3, -0.25) is 5.41 Å². The van der Waals surface area contributed by atoms with Crippen molar-refractivity contribution in [3.63, 3.8) is 0 Å². The van der Waals surface area contributed by atoms with Crippen molar-refractivity contribution in [3.8, 4) is 0 Å². The fourth-order valence-electron chi connectivity index (χ4n) is 2.16. The molecule has 1 fully saturated rings. The summed E-state index contributed by atoms with van der Waals surface area (Å²) in [5, 5.41) is 16.6. The van der Waals surface area contributed by atoms with Crippen LogP contribution in [-0.4, -0.2) is 35.6 Å². The van der Waals surface area contributed by atoms with E-state index in [1.165, 1.54) is 0 Å². The molecule has 4 N–H and O–H groups in total. The predicted molar refractivity (Wildman–Crippen MR) is 67.4 cm³/mol. The molecular weight excluding hydrogens is 216 g/mol. The third-order valence-electron chi connectivity index (χ3n) is 3.12. The molecule has 5 heteroatoms. The first kappa shape index (κ1) is 11.9. The maximum absolute atomic E-state index is 9.13. The Labute approximate surface area is 101 Å². The topological polar surface area (TPSA) is 86.2 Å². The number of aromatic nitrogens is 1. The fourth-order valence-corrected chi connectivity index (χ4v) is 2.16. The van der Waals surface area contributed by atoms with Gasteiger partial charge in [0.1, 0.15) is 11.7 Å². The lowest BCUT2D eigenvalue weighted by molar-refractivity contribution is 0.238. The van der Waals surface area contributed by atoms with Gasteiger partial charge in [0.2, 0.25) is 0 Å². The molecule has 1 aliphatic heterocycles. The molecule has 1 aromatic heterocycles. The molecule has 0 amide bonds. The smallest absolute Gasteiger partial charge is 0.129 e. The van der Waals surface area contributed by atoms with E-state index in [2.05, 4.69) is 9.88 Å². The van der Waals surface area contributed by atoms with E-state index < -0.39 is 0 Å². The van der Waals surface area contributed by atoms with Crippen LogP contribution in [0.3, 0.4) is 0 Å². The number of hydrogen-bond acceptors (Lipinski definition) is 4. The number of pyridine rings is 1. The number of nitrogens with one attached hydrogen (secondary N) is 1. The lowest BCUT2D eigenvalue weighted by atomic mass is 10.1. The van der Waals surface area contributed by atoms with E-state index in [-0.39, 0.29) is 12.4 Å². The Hall–Kier alpha value is -1.62. The highest BCUT2D eigenvalue weighted by Crippen LogP contribution is 2.23. The van der Waals surface area contributed by atoms with Gasteiger partial charge in [0.05, 0.1) is 0 Å². The molecule has 0 bridgehead atoms. The molecule has 1 atom stereocenters. The van der Waals surface area contributed by atoms with E-state index in [1.54, 1.807) is 0 Å². The summed E-state index contributed by atoms with van der Waals surface area (Å²) in [5.41, 5.74) is 7.07. The van der Waals surface area contributed by atoms with Crippen LogP contribution in [0.2, 0.25) is 0 Å². The highest BCUT2D eigenvalue weighted by atomic mass is 16.3. The van der Waals surface area contributed by atoms with E-state index in [1.807, 2.05) is 19.1 Å². The zero-order valence-corrected chi connectivity index (χ0v) is 9.98. The molecular formula is C12H18N4O. The Morgan fingerprint density at radius 1 is 1.65 bits per heavy atom. The van der Waals surface area contributed by atoms with Gasteiger partial charge in [0, 0.05) is 36.9 Å². The Kier molecular flexibility index (Phi) is 3.28. The molecule has 17 heavy (non-hydrogen) atoms. The van der Waals surface area contributed by atoms with Gasteiger partial charge < -0.3 is 15.7 Å². The molecule has 5 nitrogen and oxygen atoms in total. The molecule has 1 unspecified atom stereocenters. The van der Waals surface area contributed by atoms with Gasteiger partial charge in [0.15, 0.2) is 0 Å². The second kappa shape index (κ2) is 4.71. The number of nitrogen functional groups attached to an aromatic ring is 1. The van der Waals surface area contributed by atoms with Crippen LogP contribution < -0.4 is 10.6 Å². The summed E-state index contributed by atoms with van der Waals surface area (Å²) in [6.07, 6.45) is 0.988. The number of nitrogens with zero attached hydrogens (tertiary/aromatic N) is 2. The van der Waals surface area contributed by atoms with Gasteiger partial charge in [-0.2, -0.15) is 0 Å². The third-order valence-corrected chi connectivity index (χ3v) is 3.12. The third kappa shape index (κ3) is 2.55. The first-order chi connectivity index (χ1) is 8.10. The van der Waals surface area contributed by atoms with Gasteiger partial charge in [-0.1, -0.05) is 0 Å². The van der Waals surface area contributed by atoms with Crippen molar-refractivity contribution in [3.05, 3.63) is 23.4 Å². The number of amidine groups is 1. The number of rotatable bonds is 3. The number of nitrogens with two attached hydrogens (primary N) is 1. The molecule has 1 saturated heterocycles. The second-order valence-corrected chi connectivity index (χ2v) is 4.55. The summed E-state index contributed by atoms with van der Waals surface area (Å²) < 4.78 is 0. The molecule has 2 heterocycles. The monoisotopic (exact) mass is 234 g/mol. The largest absolute Gasteiger partial charge is 0.396 e. The van der Waals surface area contributed by atoms with E-state index >= 15 is 0 Å². The van der Waals surface area contributed by atoms with Crippen LogP contribution in [0.25, 0.3) is 0 Å². The lowest BCUT2D eigenvalue weighted by Gasteiger charge is -2.18. The van der Waals surface area contributed by atoms with Gasteiger partial charge >= 0.3 is 0 Å².